The largest absolute Gasteiger partial charge is 0.573 e. The summed E-state index contributed by atoms with van der Waals surface area (Å²) in [6.45, 7) is 0. The Hall–Kier alpha value is -2.29. The lowest BCUT2D eigenvalue weighted by atomic mass is 9.98. The molecule has 4 rings (SSSR count). The van der Waals surface area contributed by atoms with Crippen molar-refractivity contribution < 1.29 is 22.7 Å². The molecule has 2 unspecified atom stereocenters. The normalized spacial score (nSPS) is 26.4. The molecule has 2 aliphatic heterocycles. The van der Waals surface area contributed by atoms with Gasteiger partial charge >= 0.3 is 6.36 Å². The van der Waals surface area contributed by atoms with Crippen LogP contribution in [0.3, 0.4) is 0 Å². The smallest absolute Gasteiger partial charge is 0.406 e. The number of rotatable bonds is 3. The van der Waals surface area contributed by atoms with E-state index in [-0.39, 0.29) is 17.5 Å². The highest BCUT2D eigenvalue weighted by Crippen LogP contribution is 2.41. The summed E-state index contributed by atoms with van der Waals surface area (Å²) < 4.78 is 43.4. The van der Waals surface area contributed by atoms with Crippen LogP contribution in [-0.2, 0) is 0 Å². The highest BCUT2D eigenvalue weighted by molar-refractivity contribution is 6.04. The number of hydrogen-bond acceptors (Lipinski definition) is 4. The highest BCUT2D eigenvalue weighted by atomic mass is 19.4. The van der Waals surface area contributed by atoms with E-state index >= 15 is 0 Å². The lowest BCUT2D eigenvalue weighted by molar-refractivity contribution is -0.274. The van der Waals surface area contributed by atoms with Crippen molar-refractivity contribution in [2.45, 2.75) is 50.2 Å². The number of carbonyl (C=O) groups is 1. The molecule has 3 heterocycles. The summed E-state index contributed by atoms with van der Waals surface area (Å²) in [5.41, 5.74) is 5.93. The van der Waals surface area contributed by atoms with Gasteiger partial charge in [0.2, 0.25) is 0 Å². The number of alkyl halides is 3. The number of fused-ring (bicyclic) bond motifs is 3. The zero-order valence-corrected chi connectivity index (χ0v) is 14.2. The summed E-state index contributed by atoms with van der Waals surface area (Å²) >= 11 is 0. The van der Waals surface area contributed by atoms with Gasteiger partial charge in [-0.15, -0.1) is 13.2 Å². The van der Waals surface area contributed by atoms with Gasteiger partial charge in [0.05, 0.1) is 11.6 Å². The average molecular weight is 368 g/mol. The maximum Gasteiger partial charge on any atom is 0.573 e. The minimum absolute atomic E-state index is 0.0143. The van der Waals surface area contributed by atoms with Crippen molar-refractivity contribution in [3.05, 3.63) is 23.9 Å². The van der Waals surface area contributed by atoms with Crippen LogP contribution in [0, 0.1) is 0 Å². The molecule has 2 aliphatic rings. The molecule has 140 valence electrons. The Morgan fingerprint density at radius 1 is 1.23 bits per heavy atom. The molecule has 0 saturated carbocycles. The standard InChI is InChI=1S/C17H19F3N4O2/c1-23-9-2-3-10(23)7-11(6-9)24-14-8-12(26-17(18,19)20)4-5-13(14)15(22-24)16(21)25/h4-5,8-11H,2-3,6-7H2,1H3,(H2,21,25). The maximum absolute atomic E-state index is 12.6. The van der Waals surface area contributed by atoms with Crippen LogP contribution in [0.1, 0.15) is 42.2 Å². The molecular formula is C17H19F3N4O2. The van der Waals surface area contributed by atoms with Crippen LogP contribution in [0.2, 0.25) is 0 Å². The van der Waals surface area contributed by atoms with Crippen LogP contribution in [0.15, 0.2) is 18.2 Å². The van der Waals surface area contributed by atoms with Gasteiger partial charge in [0.15, 0.2) is 5.69 Å². The number of carbonyl (C=O) groups excluding carboxylic acids is 1. The van der Waals surface area contributed by atoms with Crippen molar-refractivity contribution in [1.29, 1.82) is 0 Å². The summed E-state index contributed by atoms with van der Waals surface area (Å²) in [6, 6.07) is 4.72. The van der Waals surface area contributed by atoms with E-state index in [0.717, 1.165) is 25.7 Å². The van der Waals surface area contributed by atoms with E-state index in [0.29, 0.717) is 23.0 Å². The first kappa shape index (κ1) is 17.1. The minimum Gasteiger partial charge on any atom is -0.406 e. The average Bonchev–Trinajstić information content (AvgIpc) is 2.98. The number of primary amides is 1. The van der Waals surface area contributed by atoms with Crippen LogP contribution < -0.4 is 10.5 Å². The second-order valence-electron chi connectivity index (χ2n) is 7.06. The third-order valence-corrected chi connectivity index (χ3v) is 5.57. The molecule has 2 fully saturated rings. The number of ether oxygens (including phenoxy) is 1. The zero-order valence-electron chi connectivity index (χ0n) is 14.2. The molecule has 2 N–H and O–H groups in total. The molecule has 26 heavy (non-hydrogen) atoms. The fourth-order valence-corrected chi connectivity index (χ4v) is 4.36. The van der Waals surface area contributed by atoms with Gasteiger partial charge in [-0.1, -0.05) is 0 Å². The van der Waals surface area contributed by atoms with E-state index < -0.39 is 12.3 Å². The predicted molar refractivity (Wildman–Crippen MR) is 87.8 cm³/mol. The number of nitrogens with two attached hydrogens (primary N) is 1. The van der Waals surface area contributed by atoms with Gasteiger partial charge in [-0.25, -0.2) is 0 Å². The molecule has 2 atom stereocenters. The van der Waals surface area contributed by atoms with Gasteiger partial charge in [-0.2, -0.15) is 5.10 Å². The number of halogens is 3. The quantitative estimate of drug-likeness (QED) is 0.904. The number of amides is 1. The van der Waals surface area contributed by atoms with Crippen LogP contribution in [0.25, 0.3) is 10.9 Å². The van der Waals surface area contributed by atoms with E-state index in [1.165, 1.54) is 18.2 Å². The fraction of sp³-hybridized carbons (Fsp3) is 0.529. The van der Waals surface area contributed by atoms with Crippen molar-refractivity contribution >= 4 is 16.8 Å². The molecule has 2 saturated heterocycles. The van der Waals surface area contributed by atoms with Crippen molar-refractivity contribution in [3.63, 3.8) is 0 Å². The number of aromatic nitrogens is 2. The van der Waals surface area contributed by atoms with E-state index in [2.05, 4.69) is 21.8 Å². The molecular weight excluding hydrogens is 349 g/mol. The molecule has 2 aromatic rings. The van der Waals surface area contributed by atoms with E-state index in [9.17, 15) is 18.0 Å². The van der Waals surface area contributed by atoms with Gasteiger partial charge in [0.1, 0.15) is 5.75 Å². The first-order chi connectivity index (χ1) is 12.2. The van der Waals surface area contributed by atoms with Crippen molar-refractivity contribution in [2.24, 2.45) is 5.73 Å². The van der Waals surface area contributed by atoms with Gasteiger partial charge in [0, 0.05) is 23.5 Å². The maximum atomic E-state index is 12.6. The first-order valence-electron chi connectivity index (χ1n) is 8.52. The number of piperidine rings is 1. The Kier molecular flexibility index (Phi) is 3.87. The van der Waals surface area contributed by atoms with Gasteiger partial charge in [-0.05, 0) is 44.9 Å². The Bertz CT molecular complexity index is 850. The van der Waals surface area contributed by atoms with Crippen LogP contribution >= 0.6 is 0 Å². The summed E-state index contributed by atoms with van der Waals surface area (Å²) in [7, 11) is 2.10. The molecule has 1 aromatic heterocycles. The zero-order chi connectivity index (χ0) is 18.6. The summed E-state index contributed by atoms with van der Waals surface area (Å²) in [6.07, 6.45) is -0.902. The van der Waals surface area contributed by atoms with Crippen LogP contribution in [-0.4, -0.2) is 46.1 Å². The molecule has 1 amide bonds. The highest BCUT2D eigenvalue weighted by Gasteiger charge is 2.40. The fourth-order valence-electron chi connectivity index (χ4n) is 4.36. The van der Waals surface area contributed by atoms with Gasteiger partial charge in [0.25, 0.3) is 5.91 Å². The summed E-state index contributed by atoms with van der Waals surface area (Å²) in [4.78, 5) is 14.1. The number of benzene rings is 1. The predicted octanol–water partition coefficient (Wildman–Crippen LogP) is 2.83. The Balaban J connectivity index is 1.77. The molecule has 0 radical (unpaired) electrons. The van der Waals surface area contributed by atoms with Crippen molar-refractivity contribution in [3.8, 4) is 5.75 Å². The Morgan fingerprint density at radius 3 is 2.46 bits per heavy atom. The molecule has 6 nitrogen and oxygen atoms in total. The molecule has 9 heteroatoms. The second-order valence-corrected chi connectivity index (χ2v) is 7.06. The van der Waals surface area contributed by atoms with Crippen molar-refractivity contribution in [1.82, 2.24) is 14.7 Å². The summed E-state index contributed by atoms with van der Waals surface area (Å²) in [5, 5.41) is 4.80. The number of nitrogens with zero attached hydrogens (tertiary/aromatic N) is 3. The van der Waals surface area contributed by atoms with E-state index in [1.807, 2.05) is 0 Å². The third kappa shape index (κ3) is 2.90. The molecule has 0 aliphatic carbocycles. The van der Waals surface area contributed by atoms with Gasteiger partial charge in [-0.3, -0.25) is 9.48 Å². The SMILES string of the molecule is CN1C2CCC1CC(n1nc(C(N)=O)c3ccc(OC(F)(F)F)cc31)C2. The second kappa shape index (κ2) is 5.87. The number of hydrogen-bond donors (Lipinski definition) is 1. The Labute approximate surface area is 147 Å². The lowest BCUT2D eigenvalue weighted by Crippen LogP contribution is -2.40. The van der Waals surface area contributed by atoms with E-state index in [4.69, 9.17) is 5.73 Å². The topological polar surface area (TPSA) is 73.4 Å². The first-order valence-corrected chi connectivity index (χ1v) is 8.52. The molecule has 2 bridgehead atoms. The lowest BCUT2D eigenvalue weighted by Gasteiger charge is -2.36. The Morgan fingerprint density at radius 2 is 1.88 bits per heavy atom. The minimum atomic E-state index is -4.78. The monoisotopic (exact) mass is 368 g/mol. The van der Waals surface area contributed by atoms with Gasteiger partial charge < -0.3 is 15.4 Å². The molecule has 1 aromatic carbocycles. The van der Waals surface area contributed by atoms with Crippen LogP contribution in [0.5, 0.6) is 5.75 Å². The van der Waals surface area contributed by atoms with Crippen LogP contribution in [0.4, 0.5) is 13.2 Å². The van der Waals surface area contributed by atoms with Crippen molar-refractivity contribution in [2.75, 3.05) is 7.05 Å². The molecule has 0 spiro atoms. The van der Waals surface area contributed by atoms with E-state index in [1.54, 1.807) is 4.68 Å². The summed E-state index contributed by atoms with van der Waals surface area (Å²) in [5.74, 6) is -1.03. The third-order valence-electron chi connectivity index (χ3n) is 5.57.